The van der Waals surface area contributed by atoms with E-state index in [1.165, 1.54) is 18.4 Å². The molecule has 0 aliphatic heterocycles. The fourth-order valence-electron chi connectivity index (χ4n) is 1.11. The number of aryl methyl sites for hydroxylation is 3. The first-order valence-corrected chi connectivity index (χ1v) is 5.75. The van der Waals surface area contributed by atoms with Gasteiger partial charge in [-0.15, -0.1) is 4.68 Å². The van der Waals surface area contributed by atoms with E-state index in [0.29, 0.717) is 0 Å². The lowest BCUT2D eigenvalue weighted by atomic mass is 10.2. The zero-order valence-corrected chi connectivity index (χ0v) is 9.82. The fraction of sp³-hybridized carbons (Fsp3) is 0.625. The Labute approximate surface area is 89.7 Å². The van der Waals surface area contributed by atoms with Gasteiger partial charge in [0.05, 0.1) is 13.2 Å². The van der Waals surface area contributed by atoms with E-state index in [4.69, 9.17) is 17.5 Å². The topological polar surface area (TPSA) is 89.1 Å². The van der Waals surface area contributed by atoms with Gasteiger partial charge in [-0.05, 0) is 6.42 Å². The molecule has 0 saturated heterocycles. The molecule has 0 radical (unpaired) electrons. The molecule has 0 aliphatic rings. The van der Waals surface area contributed by atoms with Gasteiger partial charge in [0.25, 0.3) is 0 Å². The highest BCUT2D eigenvalue weighted by Crippen LogP contribution is 1.97. The van der Waals surface area contributed by atoms with Crippen LogP contribution in [0, 0.1) is 0 Å². The average molecular weight is 235 g/mol. The lowest BCUT2D eigenvalue weighted by molar-refractivity contribution is -0.751. The molecule has 1 heterocycles. The average Bonchev–Trinajstić information content (AvgIpc) is 2.28. The van der Waals surface area contributed by atoms with Crippen molar-refractivity contribution in [1.29, 1.82) is 0 Å². The molecule has 0 unspecified atom stereocenters. The zero-order valence-electron chi connectivity index (χ0n) is 9.00. The van der Waals surface area contributed by atoms with Crippen LogP contribution < -0.4 is 4.68 Å². The van der Waals surface area contributed by atoms with Gasteiger partial charge in [-0.3, -0.25) is 8.42 Å². The molecule has 1 aromatic rings. The molecule has 0 bridgehead atoms. The van der Waals surface area contributed by atoms with E-state index in [9.17, 15) is 0 Å². The summed E-state index contributed by atoms with van der Waals surface area (Å²) in [7, 11) is -1.06. The van der Waals surface area contributed by atoms with Crippen LogP contribution in [0.1, 0.15) is 18.9 Å². The van der Waals surface area contributed by atoms with Gasteiger partial charge in [-0.1, -0.05) is 13.3 Å². The number of nitrogens with zero attached hydrogens (tertiary/aromatic N) is 2. The lowest BCUT2D eigenvalue weighted by Crippen LogP contribution is -2.35. The molecule has 6 nitrogen and oxygen atoms in total. The molecule has 0 aliphatic carbocycles. The molecule has 0 atom stereocenters. The summed E-state index contributed by atoms with van der Waals surface area (Å²) in [5, 5.41) is 0. The highest BCUT2D eigenvalue weighted by atomic mass is 32.3. The Morgan fingerprint density at radius 2 is 1.93 bits per heavy atom. The van der Waals surface area contributed by atoms with Gasteiger partial charge in [0, 0.05) is 16.0 Å². The van der Waals surface area contributed by atoms with E-state index in [2.05, 4.69) is 42.8 Å². The number of rotatable bonds is 2. The quantitative estimate of drug-likeness (QED) is 0.391. The second kappa shape index (κ2) is 5.84. The molecule has 1 rings (SSSR count). The molecule has 15 heavy (non-hydrogen) atoms. The largest absolute Gasteiger partial charge is 0.759 e. The van der Waals surface area contributed by atoms with Crippen molar-refractivity contribution in [3.8, 4) is 0 Å². The van der Waals surface area contributed by atoms with Crippen LogP contribution >= 0.6 is 0 Å². The molecule has 0 saturated carbocycles. The van der Waals surface area contributed by atoms with Gasteiger partial charge in [-0.25, -0.2) is 0 Å². The van der Waals surface area contributed by atoms with Gasteiger partial charge in [0.2, 0.25) is 0 Å². The van der Waals surface area contributed by atoms with Crippen LogP contribution in [0.25, 0.3) is 0 Å². The summed E-state index contributed by atoms with van der Waals surface area (Å²) in [6.45, 7) is 2.20. The Hall–Kier alpha value is -0.920. The van der Waals surface area contributed by atoms with Gasteiger partial charge < -0.3 is 9.11 Å². The molecule has 0 N–H and O–H groups in total. The van der Waals surface area contributed by atoms with Crippen molar-refractivity contribution in [3.63, 3.8) is 0 Å². The molecule has 0 amide bonds. The van der Waals surface area contributed by atoms with Crippen LogP contribution in [0.3, 0.4) is 0 Å². The third kappa shape index (κ3) is 8.10. The number of hydrogen-bond donors (Lipinski definition) is 0. The first-order chi connectivity index (χ1) is 6.74. The number of aromatic nitrogens is 2. The highest BCUT2D eigenvalue weighted by molar-refractivity contribution is 7.79. The molecule has 0 fully saturated rings. The van der Waals surface area contributed by atoms with Crippen LogP contribution in [0.2, 0.25) is 0 Å². The third-order valence-corrected chi connectivity index (χ3v) is 1.74. The van der Waals surface area contributed by atoms with Crippen LogP contribution in [0.5, 0.6) is 0 Å². The fourth-order valence-corrected chi connectivity index (χ4v) is 1.11. The van der Waals surface area contributed by atoms with Gasteiger partial charge >= 0.3 is 0 Å². The normalized spacial score (nSPS) is 10.7. The minimum atomic E-state index is -5.17. The Bertz CT molecular complexity index is 369. The second-order valence-electron chi connectivity index (χ2n) is 3.14. The van der Waals surface area contributed by atoms with Crippen LogP contribution in [-0.4, -0.2) is 22.2 Å². The van der Waals surface area contributed by atoms with Crippen molar-refractivity contribution in [2.75, 3.05) is 0 Å². The monoisotopic (exact) mass is 235 g/mol. The predicted octanol–water partition coefficient (Wildman–Crippen LogP) is -0.536. The summed E-state index contributed by atoms with van der Waals surface area (Å²) in [5.41, 5.74) is 1.42. The summed E-state index contributed by atoms with van der Waals surface area (Å²) >= 11 is 0. The molecular formula is C8H15N2O4S-. The summed E-state index contributed by atoms with van der Waals surface area (Å²) in [5.74, 6) is 0. The summed E-state index contributed by atoms with van der Waals surface area (Å²) in [4.78, 5) is 0. The molecule has 1 aromatic heterocycles. The van der Waals surface area contributed by atoms with E-state index in [0.717, 1.165) is 0 Å². The first kappa shape index (κ1) is 14.1. The van der Waals surface area contributed by atoms with E-state index in [1.54, 1.807) is 0 Å². The SMILES string of the molecule is CCCc1cn(C)[n+](C)c1.O=S(=O)([O-])[O-]. The van der Waals surface area contributed by atoms with E-state index in [1.807, 2.05) is 0 Å². The van der Waals surface area contributed by atoms with Crippen molar-refractivity contribution in [3.05, 3.63) is 18.0 Å². The van der Waals surface area contributed by atoms with E-state index >= 15 is 0 Å². The van der Waals surface area contributed by atoms with Gasteiger partial charge in [0.1, 0.15) is 0 Å². The Morgan fingerprint density at radius 3 is 2.20 bits per heavy atom. The second-order valence-corrected chi connectivity index (χ2v) is 3.96. The predicted molar refractivity (Wildman–Crippen MR) is 51.1 cm³/mol. The van der Waals surface area contributed by atoms with Crippen molar-refractivity contribution >= 4 is 10.4 Å². The highest BCUT2D eigenvalue weighted by Gasteiger charge is 2.02. The Kier molecular flexibility index (Phi) is 5.48. The van der Waals surface area contributed by atoms with Gasteiger partial charge in [-0.2, -0.15) is 4.68 Å². The molecule has 0 aromatic carbocycles. The lowest BCUT2D eigenvalue weighted by Gasteiger charge is -2.06. The molecule has 7 heteroatoms. The minimum absolute atomic E-state index is 1.19. The van der Waals surface area contributed by atoms with E-state index < -0.39 is 10.4 Å². The summed E-state index contributed by atoms with van der Waals surface area (Å²) in [6, 6.07) is 0. The molecular weight excluding hydrogens is 220 g/mol. The zero-order chi connectivity index (χ0) is 12.1. The van der Waals surface area contributed by atoms with Crippen LogP contribution in [-0.2, 0) is 30.9 Å². The minimum Gasteiger partial charge on any atom is -0.759 e. The van der Waals surface area contributed by atoms with Crippen molar-refractivity contribution in [2.45, 2.75) is 19.8 Å². The maximum Gasteiger partial charge on any atom is 0.198 e. The van der Waals surface area contributed by atoms with Crippen molar-refractivity contribution in [2.24, 2.45) is 14.1 Å². The third-order valence-electron chi connectivity index (χ3n) is 1.74. The number of hydrogen-bond acceptors (Lipinski definition) is 4. The first-order valence-electron chi connectivity index (χ1n) is 4.42. The summed E-state index contributed by atoms with van der Waals surface area (Å²) < 4.78 is 38.3. The maximum atomic E-state index is 8.52. The van der Waals surface area contributed by atoms with Crippen LogP contribution in [0.4, 0.5) is 0 Å². The molecule has 88 valence electrons. The Balaban J connectivity index is 0.000000336. The van der Waals surface area contributed by atoms with E-state index in [-0.39, 0.29) is 0 Å². The Morgan fingerprint density at radius 1 is 1.47 bits per heavy atom. The van der Waals surface area contributed by atoms with Crippen molar-refractivity contribution in [1.82, 2.24) is 4.68 Å². The smallest absolute Gasteiger partial charge is 0.198 e. The summed E-state index contributed by atoms with van der Waals surface area (Å²) in [6.07, 6.45) is 6.76. The van der Waals surface area contributed by atoms with Crippen molar-refractivity contribution < 1.29 is 22.2 Å². The standard InChI is InChI=1S/C8H15N2.H2O4S/c1-4-5-8-6-9(2)10(3)7-8;1-5(2,3)4/h6-7H,4-5H2,1-3H3;(H2,1,2,3,4)/q+1;/p-2. The van der Waals surface area contributed by atoms with Gasteiger partial charge in [0.15, 0.2) is 13.2 Å². The molecule has 0 spiro atoms. The maximum absolute atomic E-state index is 8.52. The van der Waals surface area contributed by atoms with Crippen LogP contribution in [0.15, 0.2) is 12.4 Å².